The van der Waals surface area contributed by atoms with E-state index in [4.69, 9.17) is 0 Å². The van der Waals surface area contributed by atoms with Crippen molar-refractivity contribution in [3.05, 3.63) is 128 Å². The van der Waals surface area contributed by atoms with Gasteiger partial charge in [-0.15, -0.1) is 0 Å². The monoisotopic (exact) mass is 530 g/mol. The molecule has 152 valence electrons. The smallest absolute Gasteiger partial charge is 0.0630 e. The molecule has 0 amide bonds. The van der Waals surface area contributed by atoms with Crippen LogP contribution in [-0.4, -0.2) is 12.4 Å². The van der Waals surface area contributed by atoms with E-state index >= 15 is 0 Å². The third kappa shape index (κ3) is 6.58. The normalized spacial score (nSPS) is 11.4. The molecule has 2 nitrogen and oxygen atoms in total. The standard InChI is InChI=1S/C27H20Br2N2/c28-24-5-1-3-22(16-24)18-30-26-11-7-20(8-12-26)15-21-9-13-27(14-10-21)31-19-23-4-2-6-25(29)17-23/h1-14,16-19H,15H2. The highest BCUT2D eigenvalue weighted by molar-refractivity contribution is 9.10. The molecule has 0 fully saturated rings. The zero-order valence-corrected chi connectivity index (χ0v) is 19.9. The third-order valence-corrected chi connectivity index (χ3v) is 5.69. The SMILES string of the molecule is Brc1cccc(C=Nc2ccc(Cc3ccc(N=Cc4cccc(Br)c4)cc3)cc2)c1. The number of hydrogen-bond donors (Lipinski definition) is 0. The fourth-order valence-corrected chi connectivity index (χ4v) is 3.94. The van der Waals surface area contributed by atoms with Gasteiger partial charge in [0.1, 0.15) is 0 Å². The molecule has 0 aliphatic heterocycles. The zero-order chi connectivity index (χ0) is 21.5. The summed E-state index contributed by atoms with van der Waals surface area (Å²) in [5.41, 5.74) is 6.54. The highest BCUT2D eigenvalue weighted by atomic mass is 79.9. The third-order valence-electron chi connectivity index (χ3n) is 4.70. The number of aliphatic imine (C=N–C) groups is 2. The maximum atomic E-state index is 4.56. The summed E-state index contributed by atoms with van der Waals surface area (Å²) in [4.78, 5) is 9.13. The lowest BCUT2D eigenvalue weighted by Gasteiger charge is -2.03. The molecular formula is C27H20Br2N2. The molecule has 4 heteroatoms. The summed E-state index contributed by atoms with van der Waals surface area (Å²) in [7, 11) is 0. The zero-order valence-electron chi connectivity index (χ0n) is 16.7. The van der Waals surface area contributed by atoms with Gasteiger partial charge < -0.3 is 0 Å². The van der Waals surface area contributed by atoms with Crippen molar-refractivity contribution in [3.8, 4) is 0 Å². The maximum Gasteiger partial charge on any atom is 0.0630 e. The average molecular weight is 532 g/mol. The molecule has 0 spiro atoms. The van der Waals surface area contributed by atoms with Gasteiger partial charge in [0.2, 0.25) is 0 Å². The molecule has 0 bridgehead atoms. The van der Waals surface area contributed by atoms with Crippen molar-refractivity contribution in [2.24, 2.45) is 9.98 Å². The van der Waals surface area contributed by atoms with Crippen LogP contribution in [0.3, 0.4) is 0 Å². The summed E-state index contributed by atoms with van der Waals surface area (Å²) in [5.74, 6) is 0. The van der Waals surface area contributed by atoms with Crippen LogP contribution in [0.4, 0.5) is 11.4 Å². The molecule has 0 saturated carbocycles. The lowest BCUT2D eigenvalue weighted by molar-refractivity contribution is 1.19. The van der Waals surface area contributed by atoms with E-state index in [-0.39, 0.29) is 0 Å². The molecule has 0 heterocycles. The molecular weight excluding hydrogens is 512 g/mol. The molecule has 4 rings (SSSR count). The van der Waals surface area contributed by atoms with Crippen molar-refractivity contribution >= 4 is 55.7 Å². The topological polar surface area (TPSA) is 24.7 Å². The molecule has 0 saturated heterocycles. The Morgan fingerprint density at radius 2 is 0.968 bits per heavy atom. The second-order valence-corrected chi connectivity index (χ2v) is 8.97. The largest absolute Gasteiger partial charge is 0.256 e. The van der Waals surface area contributed by atoms with Gasteiger partial charge in [0.25, 0.3) is 0 Å². The van der Waals surface area contributed by atoms with Gasteiger partial charge in [-0.2, -0.15) is 0 Å². The molecule has 0 radical (unpaired) electrons. The Labute approximate surface area is 199 Å². The Morgan fingerprint density at radius 1 is 0.548 bits per heavy atom. The minimum absolute atomic E-state index is 0.880. The van der Waals surface area contributed by atoms with E-state index < -0.39 is 0 Å². The summed E-state index contributed by atoms with van der Waals surface area (Å²) in [6.07, 6.45) is 4.64. The Kier molecular flexibility index (Phi) is 7.23. The van der Waals surface area contributed by atoms with Gasteiger partial charge >= 0.3 is 0 Å². The number of halogens is 2. The quantitative estimate of drug-likeness (QED) is 0.223. The van der Waals surface area contributed by atoms with Crippen molar-refractivity contribution < 1.29 is 0 Å². The summed E-state index contributed by atoms with van der Waals surface area (Å²) in [6, 6.07) is 32.9. The van der Waals surface area contributed by atoms with Crippen molar-refractivity contribution in [1.29, 1.82) is 0 Å². The first-order valence-corrected chi connectivity index (χ1v) is 11.5. The fourth-order valence-electron chi connectivity index (χ4n) is 3.11. The van der Waals surface area contributed by atoms with Crippen LogP contribution in [0, 0.1) is 0 Å². The predicted octanol–water partition coefficient (Wildman–Crippen LogP) is 8.30. The van der Waals surface area contributed by atoms with Crippen LogP contribution in [-0.2, 0) is 6.42 Å². The van der Waals surface area contributed by atoms with Crippen molar-refractivity contribution in [3.63, 3.8) is 0 Å². The summed E-state index contributed by atoms with van der Waals surface area (Å²) >= 11 is 6.97. The fraction of sp³-hybridized carbons (Fsp3) is 0.0370. The highest BCUT2D eigenvalue weighted by Gasteiger charge is 1.98. The highest BCUT2D eigenvalue weighted by Crippen LogP contribution is 2.19. The van der Waals surface area contributed by atoms with Crippen LogP contribution in [0.25, 0.3) is 0 Å². The number of hydrogen-bond acceptors (Lipinski definition) is 2. The molecule has 0 atom stereocenters. The summed E-state index contributed by atoms with van der Waals surface area (Å²) in [6.45, 7) is 0. The molecule has 0 N–H and O–H groups in total. The second kappa shape index (κ2) is 10.5. The van der Waals surface area contributed by atoms with Crippen molar-refractivity contribution in [2.45, 2.75) is 6.42 Å². The molecule has 0 aromatic heterocycles. The first-order valence-electron chi connectivity index (χ1n) is 9.91. The average Bonchev–Trinajstić information content (AvgIpc) is 2.78. The Hall–Kier alpha value is -2.82. The van der Waals surface area contributed by atoms with Crippen LogP contribution in [0.2, 0.25) is 0 Å². The lowest BCUT2D eigenvalue weighted by Crippen LogP contribution is -1.87. The van der Waals surface area contributed by atoms with Crippen LogP contribution >= 0.6 is 31.9 Å². The maximum absolute atomic E-state index is 4.56. The minimum atomic E-state index is 0.880. The van der Waals surface area contributed by atoms with E-state index in [1.54, 1.807) is 0 Å². The van der Waals surface area contributed by atoms with E-state index in [0.29, 0.717) is 0 Å². The first kappa shape index (κ1) is 21.4. The van der Waals surface area contributed by atoms with Gasteiger partial charge in [0.05, 0.1) is 11.4 Å². The predicted molar refractivity (Wildman–Crippen MR) is 138 cm³/mol. The van der Waals surface area contributed by atoms with Gasteiger partial charge in [-0.1, -0.05) is 80.4 Å². The van der Waals surface area contributed by atoms with Crippen LogP contribution in [0.5, 0.6) is 0 Å². The van der Waals surface area contributed by atoms with Gasteiger partial charge in [-0.05, 0) is 77.2 Å². The van der Waals surface area contributed by atoms with Gasteiger partial charge in [-0.3, -0.25) is 9.98 Å². The van der Waals surface area contributed by atoms with Crippen LogP contribution in [0.15, 0.2) is 116 Å². The molecule has 4 aromatic carbocycles. The number of rotatable bonds is 6. The molecule has 31 heavy (non-hydrogen) atoms. The van der Waals surface area contributed by atoms with Gasteiger partial charge in [0, 0.05) is 21.4 Å². The lowest BCUT2D eigenvalue weighted by atomic mass is 10.0. The van der Waals surface area contributed by atoms with Gasteiger partial charge in [0.15, 0.2) is 0 Å². The molecule has 0 aliphatic carbocycles. The first-order chi connectivity index (χ1) is 15.1. The van der Waals surface area contributed by atoms with E-state index in [1.165, 1.54) is 11.1 Å². The Morgan fingerprint density at radius 3 is 1.35 bits per heavy atom. The molecule has 0 aliphatic rings. The van der Waals surface area contributed by atoms with Crippen molar-refractivity contribution in [1.82, 2.24) is 0 Å². The van der Waals surface area contributed by atoms with Crippen LogP contribution < -0.4 is 0 Å². The molecule has 0 unspecified atom stereocenters. The van der Waals surface area contributed by atoms with E-state index in [2.05, 4.69) is 90.4 Å². The van der Waals surface area contributed by atoms with Crippen molar-refractivity contribution in [2.75, 3.05) is 0 Å². The Balaban J connectivity index is 1.37. The summed E-state index contributed by atoms with van der Waals surface area (Å²) < 4.78 is 2.10. The second-order valence-electron chi connectivity index (χ2n) is 7.14. The molecule has 4 aromatic rings. The van der Waals surface area contributed by atoms with Gasteiger partial charge in [-0.25, -0.2) is 0 Å². The van der Waals surface area contributed by atoms with E-state index in [0.717, 1.165) is 37.9 Å². The van der Waals surface area contributed by atoms with E-state index in [1.807, 2.05) is 61.0 Å². The minimum Gasteiger partial charge on any atom is -0.256 e. The number of nitrogens with zero attached hydrogens (tertiary/aromatic N) is 2. The Bertz CT molecular complexity index is 1110. The summed E-state index contributed by atoms with van der Waals surface area (Å²) in [5, 5.41) is 0. The van der Waals surface area contributed by atoms with Crippen LogP contribution in [0.1, 0.15) is 22.3 Å². The number of benzene rings is 4. The van der Waals surface area contributed by atoms with E-state index in [9.17, 15) is 0 Å².